The fraction of sp³-hybridized carbons (Fsp3) is 0.333. The lowest BCUT2D eigenvalue weighted by molar-refractivity contribution is -0.119. The molecule has 4 aromatic rings. The average Bonchev–Trinajstić information content (AvgIpc) is 3.31. The van der Waals surface area contributed by atoms with Crippen molar-refractivity contribution >= 4 is 22.7 Å². The molecule has 0 saturated heterocycles. The monoisotopic (exact) mass is 369 g/mol. The Hall–Kier alpha value is -3.36. The topological polar surface area (TPSA) is 96.4 Å². The van der Waals surface area contributed by atoms with Crippen LogP contribution in [0.4, 0.5) is 0 Å². The Kier molecular flexibility index (Phi) is 3.69. The lowest BCUT2D eigenvalue weighted by atomic mass is 10.2. The smallest absolute Gasteiger partial charge is 0.333 e. The molecule has 0 bridgehead atoms. The van der Waals surface area contributed by atoms with Crippen molar-refractivity contribution in [3.05, 3.63) is 56.9 Å². The highest BCUT2D eigenvalue weighted by molar-refractivity contribution is 5.80. The number of furan rings is 1. The molecule has 0 fully saturated rings. The van der Waals surface area contributed by atoms with Gasteiger partial charge in [0.25, 0.3) is 5.56 Å². The number of aryl methyl sites for hydroxylation is 2. The number of carbonyl (C=O) groups is 1. The van der Waals surface area contributed by atoms with Crippen molar-refractivity contribution in [3.63, 3.8) is 0 Å². The number of hydrogen-bond donors (Lipinski definition) is 0. The van der Waals surface area contributed by atoms with E-state index in [0.29, 0.717) is 12.3 Å². The number of aromatic nitrogens is 5. The number of nitrogens with zero attached hydrogens (tertiary/aromatic N) is 5. The molecule has 4 rings (SSSR count). The van der Waals surface area contributed by atoms with E-state index in [2.05, 4.69) is 4.98 Å². The number of rotatable bonds is 4. The van der Waals surface area contributed by atoms with E-state index in [0.717, 1.165) is 16.0 Å². The van der Waals surface area contributed by atoms with E-state index >= 15 is 0 Å². The van der Waals surface area contributed by atoms with Gasteiger partial charge in [-0.25, -0.2) is 9.36 Å². The molecular weight excluding hydrogens is 350 g/mol. The molecular formula is C18H19N5O4. The van der Waals surface area contributed by atoms with Gasteiger partial charge in [-0.1, -0.05) is 0 Å². The first kappa shape index (κ1) is 17.1. The van der Waals surface area contributed by atoms with E-state index in [4.69, 9.17) is 4.42 Å². The number of ketones is 1. The van der Waals surface area contributed by atoms with Gasteiger partial charge in [0.05, 0.1) is 18.8 Å². The lowest BCUT2D eigenvalue weighted by Gasteiger charge is -2.12. The Morgan fingerprint density at radius 2 is 2.07 bits per heavy atom. The minimum absolute atomic E-state index is 0.263. The van der Waals surface area contributed by atoms with Crippen molar-refractivity contribution < 1.29 is 9.21 Å². The molecule has 4 aromatic heterocycles. The summed E-state index contributed by atoms with van der Waals surface area (Å²) in [5, 5.41) is 0. The third-order valence-corrected chi connectivity index (χ3v) is 4.96. The molecule has 0 aliphatic carbocycles. The molecule has 4 heterocycles. The molecule has 1 atom stereocenters. The Labute approximate surface area is 153 Å². The second-order valence-corrected chi connectivity index (χ2v) is 6.69. The molecule has 9 heteroatoms. The predicted molar refractivity (Wildman–Crippen MR) is 98.1 cm³/mol. The van der Waals surface area contributed by atoms with Crippen LogP contribution in [0.3, 0.4) is 0 Å². The number of Topliss-reactive ketones (excluding diaryl/α,β-unsaturated/α-hetero) is 1. The van der Waals surface area contributed by atoms with Crippen molar-refractivity contribution in [3.8, 4) is 0 Å². The summed E-state index contributed by atoms with van der Waals surface area (Å²) < 4.78 is 11.3. The van der Waals surface area contributed by atoms with E-state index in [1.165, 1.54) is 11.5 Å². The zero-order chi connectivity index (χ0) is 19.5. The molecule has 0 aromatic carbocycles. The Balaban J connectivity index is 2.06. The van der Waals surface area contributed by atoms with Crippen LogP contribution in [0.1, 0.15) is 31.3 Å². The van der Waals surface area contributed by atoms with Crippen molar-refractivity contribution in [1.82, 2.24) is 23.1 Å². The maximum atomic E-state index is 13.1. The van der Waals surface area contributed by atoms with Crippen LogP contribution >= 0.6 is 0 Å². The number of hydrogen-bond acceptors (Lipinski definition) is 5. The third kappa shape index (κ3) is 2.38. The van der Waals surface area contributed by atoms with Gasteiger partial charge in [0.2, 0.25) is 5.78 Å². The summed E-state index contributed by atoms with van der Waals surface area (Å²) in [4.78, 5) is 42.0. The third-order valence-electron chi connectivity index (χ3n) is 4.96. The summed E-state index contributed by atoms with van der Waals surface area (Å²) in [5.74, 6) is 1.01. The van der Waals surface area contributed by atoms with Crippen LogP contribution in [0.15, 0.2) is 38.6 Å². The molecule has 0 unspecified atom stereocenters. The van der Waals surface area contributed by atoms with Crippen LogP contribution in [0.2, 0.25) is 0 Å². The van der Waals surface area contributed by atoms with Crippen molar-refractivity contribution in [1.29, 1.82) is 0 Å². The Morgan fingerprint density at radius 3 is 2.70 bits per heavy atom. The quantitative estimate of drug-likeness (QED) is 0.539. The van der Waals surface area contributed by atoms with E-state index in [9.17, 15) is 14.4 Å². The van der Waals surface area contributed by atoms with Crippen LogP contribution in [0, 0.1) is 6.92 Å². The molecule has 0 radical (unpaired) electrons. The summed E-state index contributed by atoms with van der Waals surface area (Å²) >= 11 is 0. The highest BCUT2D eigenvalue weighted by Crippen LogP contribution is 2.18. The van der Waals surface area contributed by atoms with Crippen molar-refractivity contribution in [2.45, 2.75) is 33.4 Å². The van der Waals surface area contributed by atoms with E-state index in [1.807, 2.05) is 17.6 Å². The largest absolute Gasteiger partial charge is 0.467 e. The normalized spacial score (nSPS) is 12.9. The second-order valence-electron chi connectivity index (χ2n) is 6.69. The van der Waals surface area contributed by atoms with Crippen LogP contribution in [-0.2, 0) is 18.4 Å². The molecule has 27 heavy (non-hydrogen) atoms. The Morgan fingerprint density at radius 1 is 1.33 bits per heavy atom. The fourth-order valence-corrected chi connectivity index (χ4v) is 3.30. The summed E-state index contributed by atoms with van der Waals surface area (Å²) in [5.41, 5.74) is 0.334. The zero-order valence-corrected chi connectivity index (χ0v) is 15.5. The summed E-state index contributed by atoms with van der Waals surface area (Å²) in [7, 11) is 1.55. The minimum Gasteiger partial charge on any atom is -0.467 e. The maximum absolute atomic E-state index is 13.1. The number of imidazole rings is 2. The molecule has 0 N–H and O–H groups in total. The van der Waals surface area contributed by atoms with Crippen LogP contribution in [-0.4, -0.2) is 28.9 Å². The SMILES string of the molecule is CC(=O)[C@H](C)n1c(=O)c2c(nc3n(Cc4ccco4)c(C)cn23)n(C)c1=O. The van der Waals surface area contributed by atoms with Gasteiger partial charge in [0, 0.05) is 18.9 Å². The first-order valence-corrected chi connectivity index (χ1v) is 8.53. The van der Waals surface area contributed by atoms with E-state index in [-0.39, 0.29) is 16.9 Å². The van der Waals surface area contributed by atoms with Gasteiger partial charge in [-0.05, 0) is 32.9 Å². The molecule has 140 valence electrons. The molecule has 0 amide bonds. The number of carbonyl (C=O) groups excluding carboxylic acids is 1. The first-order valence-electron chi connectivity index (χ1n) is 8.53. The van der Waals surface area contributed by atoms with Gasteiger partial charge in [-0.15, -0.1) is 0 Å². The molecule has 0 aliphatic heterocycles. The van der Waals surface area contributed by atoms with Gasteiger partial charge in [0.15, 0.2) is 16.9 Å². The predicted octanol–water partition coefficient (Wildman–Crippen LogP) is 1.25. The maximum Gasteiger partial charge on any atom is 0.333 e. The standard InChI is InChI=1S/C18H19N5O4/c1-10-8-22-14-15(19-17(22)21(10)9-13-6-5-7-27-13)20(4)18(26)23(16(14)25)11(2)12(3)24/h5-8,11H,9H2,1-4H3/t11-/m0/s1. The minimum atomic E-state index is -0.850. The van der Waals surface area contributed by atoms with Crippen LogP contribution < -0.4 is 11.2 Å². The molecule has 0 saturated carbocycles. The highest BCUT2D eigenvalue weighted by Gasteiger charge is 2.24. The van der Waals surface area contributed by atoms with Crippen LogP contribution in [0.5, 0.6) is 0 Å². The average molecular weight is 369 g/mol. The second kappa shape index (κ2) is 5.83. The van der Waals surface area contributed by atoms with E-state index in [1.54, 1.807) is 36.9 Å². The van der Waals surface area contributed by atoms with Gasteiger partial charge < -0.3 is 8.98 Å². The van der Waals surface area contributed by atoms with Crippen molar-refractivity contribution in [2.75, 3.05) is 0 Å². The number of fused-ring (bicyclic) bond motifs is 3. The van der Waals surface area contributed by atoms with Crippen molar-refractivity contribution in [2.24, 2.45) is 7.05 Å². The van der Waals surface area contributed by atoms with Gasteiger partial charge >= 0.3 is 5.69 Å². The summed E-state index contributed by atoms with van der Waals surface area (Å²) in [6.07, 6.45) is 3.39. The molecule has 9 nitrogen and oxygen atoms in total. The van der Waals surface area contributed by atoms with Gasteiger partial charge in [-0.2, -0.15) is 4.98 Å². The molecule has 0 spiro atoms. The summed E-state index contributed by atoms with van der Waals surface area (Å²) in [6.45, 7) is 5.26. The summed E-state index contributed by atoms with van der Waals surface area (Å²) in [6, 6.07) is 2.81. The molecule has 0 aliphatic rings. The van der Waals surface area contributed by atoms with Crippen LogP contribution in [0.25, 0.3) is 16.9 Å². The zero-order valence-electron chi connectivity index (χ0n) is 15.5. The first-order chi connectivity index (χ1) is 12.8. The van der Waals surface area contributed by atoms with E-state index < -0.39 is 17.3 Å². The van der Waals surface area contributed by atoms with Gasteiger partial charge in [-0.3, -0.25) is 18.6 Å². The lowest BCUT2D eigenvalue weighted by Crippen LogP contribution is -2.42. The fourth-order valence-electron chi connectivity index (χ4n) is 3.30. The Bertz CT molecular complexity index is 1300. The van der Waals surface area contributed by atoms with Gasteiger partial charge in [0.1, 0.15) is 5.76 Å². The highest BCUT2D eigenvalue weighted by atomic mass is 16.3.